The largest absolute Gasteiger partial charge is 0.493 e. The molecule has 5 rings (SSSR count). The molecule has 5 nitrogen and oxygen atoms in total. The van der Waals surface area contributed by atoms with Crippen molar-refractivity contribution in [3.63, 3.8) is 0 Å². The minimum atomic E-state index is -0.162. The van der Waals surface area contributed by atoms with E-state index in [1.54, 1.807) is 32.7 Å². The lowest BCUT2D eigenvalue weighted by Gasteiger charge is -2.15. The predicted molar refractivity (Wildman–Crippen MR) is 137 cm³/mol. The SMILES string of the molecule is COc1cc2[nH]c(=O)c(-c3cccs3)c(-c3cccc(C#Cc4ccncc4)c3)c2cc1OC. The lowest BCUT2D eigenvalue weighted by molar-refractivity contribution is 0.356. The van der Waals surface area contributed by atoms with Crippen LogP contribution in [0.15, 0.2) is 83.2 Å². The number of rotatable bonds is 4. The van der Waals surface area contributed by atoms with E-state index in [-0.39, 0.29) is 5.56 Å². The molecule has 0 aliphatic heterocycles. The highest BCUT2D eigenvalue weighted by molar-refractivity contribution is 7.13. The highest BCUT2D eigenvalue weighted by Gasteiger charge is 2.19. The van der Waals surface area contributed by atoms with Crippen molar-refractivity contribution in [1.82, 2.24) is 9.97 Å². The average Bonchev–Trinajstić information content (AvgIpc) is 3.41. The summed E-state index contributed by atoms with van der Waals surface area (Å²) in [4.78, 5) is 21.3. The monoisotopic (exact) mass is 464 g/mol. The quantitative estimate of drug-likeness (QED) is 0.345. The molecule has 0 spiro atoms. The van der Waals surface area contributed by atoms with E-state index in [0.717, 1.165) is 32.5 Å². The molecule has 6 heteroatoms. The second kappa shape index (κ2) is 9.26. The summed E-state index contributed by atoms with van der Waals surface area (Å²) in [5, 5.41) is 2.83. The van der Waals surface area contributed by atoms with Gasteiger partial charge in [0, 0.05) is 45.4 Å². The molecule has 0 unspecified atom stereocenters. The van der Waals surface area contributed by atoms with E-state index in [9.17, 15) is 4.79 Å². The summed E-state index contributed by atoms with van der Waals surface area (Å²) < 4.78 is 11.0. The van der Waals surface area contributed by atoms with Gasteiger partial charge in [-0.1, -0.05) is 30.0 Å². The highest BCUT2D eigenvalue weighted by atomic mass is 32.1. The van der Waals surface area contributed by atoms with Crippen LogP contribution in [0.5, 0.6) is 11.5 Å². The van der Waals surface area contributed by atoms with Gasteiger partial charge in [0.15, 0.2) is 11.5 Å². The Labute approximate surface area is 200 Å². The van der Waals surface area contributed by atoms with Crippen molar-refractivity contribution in [2.75, 3.05) is 14.2 Å². The lowest BCUT2D eigenvalue weighted by atomic mass is 9.94. The minimum Gasteiger partial charge on any atom is -0.493 e. The van der Waals surface area contributed by atoms with Crippen LogP contribution in [0.25, 0.3) is 32.5 Å². The normalized spacial score (nSPS) is 10.5. The first-order chi connectivity index (χ1) is 16.7. The summed E-state index contributed by atoms with van der Waals surface area (Å²) in [7, 11) is 3.18. The first-order valence-electron chi connectivity index (χ1n) is 10.6. The number of methoxy groups -OCH3 is 2. The number of ether oxygens (including phenoxy) is 2. The van der Waals surface area contributed by atoms with Crippen LogP contribution >= 0.6 is 11.3 Å². The van der Waals surface area contributed by atoms with Crippen LogP contribution in [0.4, 0.5) is 0 Å². The van der Waals surface area contributed by atoms with Gasteiger partial charge in [-0.15, -0.1) is 11.3 Å². The maximum absolute atomic E-state index is 13.3. The van der Waals surface area contributed by atoms with Crippen LogP contribution in [0.2, 0.25) is 0 Å². The van der Waals surface area contributed by atoms with Gasteiger partial charge >= 0.3 is 0 Å². The highest BCUT2D eigenvalue weighted by Crippen LogP contribution is 2.40. The van der Waals surface area contributed by atoms with Crippen molar-refractivity contribution in [2.24, 2.45) is 0 Å². The third kappa shape index (κ3) is 4.05. The maximum Gasteiger partial charge on any atom is 0.257 e. The topological polar surface area (TPSA) is 64.2 Å². The van der Waals surface area contributed by atoms with Crippen LogP contribution in [-0.4, -0.2) is 24.2 Å². The summed E-state index contributed by atoms with van der Waals surface area (Å²) in [6.07, 6.45) is 3.44. The number of pyridine rings is 2. The van der Waals surface area contributed by atoms with E-state index in [2.05, 4.69) is 21.8 Å². The van der Waals surface area contributed by atoms with Gasteiger partial charge in [0.25, 0.3) is 5.56 Å². The lowest BCUT2D eigenvalue weighted by Crippen LogP contribution is -2.11. The zero-order valence-corrected chi connectivity index (χ0v) is 19.4. The average molecular weight is 465 g/mol. The molecule has 166 valence electrons. The van der Waals surface area contributed by atoms with Crippen molar-refractivity contribution in [3.05, 3.63) is 99.9 Å². The van der Waals surface area contributed by atoms with E-state index >= 15 is 0 Å². The number of nitrogens with one attached hydrogen (secondary N) is 1. The number of benzene rings is 2. The Bertz CT molecular complexity index is 1590. The molecule has 0 saturated carbocycles. The third-order valence-electron chi connectivity index (χ3n) is 5.47. The first-order valence-corrected chi connectivity index (χ1v) is 11.4. The van der Waals surface area contributed by atoms with Gasteiger partial charge in [0.05, 0.1) is 25.3 Å². The molecule has 34 heavy (non-hydrogen) atoms. The molecule has 0 radical (unpaired) electrons. The van der Waals surface area contributed by atoms with Crippen molar-refractivity contribution >= 4 is 22.2 Å². The molecule has 3 heterocycles. The van der Waals surface area contributed by atoms with Crippen LogP contribution in [0.3, 0.4) is 0 Å². The summed E-state index contributed by atoms with van der Waals surface area (Å²) in [6.45, 7) is 0. The molecule has 3 aromatic heterocycles. The summed E-state index contributed by atoms with van der Waals surface area (Å²) in [5.41, 5.74) is 4.59. The van der Waals surface area contributed by atoms with Gasteiger partial charge in [0.1, 0.15) is 0 Å². The Kier molecular flexibility index (Phi) is 5.86. The molecule has 0 fully saturated rings. The van der Waals surface area contributed by atoms with E-state index in [1.807, 2.05) is 60.0 Å². The Morgan fingerprint density at radius 2 is 1.62 bits per heavy atom. The van der Waals surface area contributed by atoms with Crippen molar-refractivity contribution in [1.29, 1.82) is 0 Å². The fraction of sp³-hybridized carbons (Fsp3) is 0.0714. The Morgan fingerprint density at radius 3 is 2.35 bits per heavy atom. The fourth-order valence-corrected chi connectivity index (χ4v) is 4.68. The molecule has 0 bridgehead atoms. The smallest absolute Gasteiger partial charge is 0.257 e. The number of H-pyrrole nitrogens is 1. The number of thiophene rings is 1. The van der Waals surface area contributed by atoms with Gasteiger partial charge < -0.3 is 14.5 Å². The van der Waals surface area contributed by atoms with Crippen LogP contribution < -0.4 is 15.0 Å². The number of hydrogen-bond donors (Lipinski definition) is 1. The number of aromatic amines is 1. The molecule has 0 aliphatic carbocycles. The zero-order valence-electron chi connectivity index (χ0n) is 18.6. The zero-order chi connectivity index (χ0) is 23.5. The molecule has 1 N–H and O–H groups in total. The van der Waals surface area contributed by atoms with Crippen LogP contribution in [-0.2, 0) is 0 Å². The van der Waals surface area contributed by atoms with Gasteiger partial charge in [-0.25, -0.2) is 0 Å². The molecule has 0 amide bonds. The van der Waals surface area contributed by atoms with Gasteiger partial charge in [0.2, 0.25) is 0 Å². The summed E-state index contributed by atoms with van der Waals surface area (Å²) in [5.74, 6) is 7.54. The number of nitrogens with zero attached hydrogens (tertiary/aromatic N) is 1. The first kappa shape index (κ1) is 21.5. The van der Waals surface area contributed by atoms with Crippen molar-refractivity contribution in [2.45, 2.75) is 0 Å². The number of aromatic nitrogens is 2. The third-order valence-corrected chi connectivity index (χ3v) is 6.36. The van der Waals surface area contributed by atoms with E-state index in [0.29, 0.717) is 22.6 Å². The molecular weight excluding hydrogens is 444 g/mol. The van der Waals surface area contributed by atoms with Crippen LogP contribution in [0.1, 0.15) is 11.1 Å². The molecule has 5 aromatic rings. The Morgan fingerprint density at radius 1 is 0.853 bits per heavy atom. The summed E-state index contributed by atoms with van der Waals surface area (Å²) >= 11 is 1.53. The molecule has 0 aliphatic rings. The molecular formula is C28H20N2O3S. The van der Waals surface area contributed by atoms with Gasteiger partial charge in [-0.05, 0) is 47.3 Å². The Hall–Kier alpha value is -4.34. The van der Waals surface area contributed by atoms with Crippen molar-refractivity contribution in [3.8, 4) is 44.9 Å². The van der Waals surface area contributed by atoms with Crippen molar-refractivity contribution < 1.29 is 9.47 Å². The number of hydrogen-bond acceptors (Lipinski definition) is 5. The second-order valence-corrected chi connectivity index (χ2v) is 8.45. The maximum atomic E-state index is 13.3. The predicted octanol–water partition coefficient (Wildman–Crippen LogP) is 5.74. The molecule has 2 aromatic carbocycles. The summed E-state index contributed by atoms with van der Waals surface area (Å²) in [6, 6.07) is 19.3. The minimum absolute atomic E-state index is 0.162. The number of fused-ring (bicyclic) bond motifs is 1. The molecule has 0 saturated heterocycles. The second-order valence-electron chi connectivity index (χ2n) is 7.50. The fourth-order valence-electron chi connectivity index (χ4n) is 3.91. The van der Waals surface area contributed by atoms with Gasteiger partial charge in [-0.2, -0.15) is 0 Å². The van der Waals surface area contributed by atoms with E-state index in [4.69, 9.17) is 9.47 Å². The van der Waals surface area contributed by atoms with Crippen LogP contribution in [0, 0.1) is 11.8 Å². The van der Waals surface area contributed by atoms with Gasteiger partial charge in [-0.3, -0.25) is 9.78 Å². The standard InChI is InChI=1S/C28H20N2O3S/c1-32-23-16-21-22(17-24(23)33-2)30-28(31)27(25-7-4-14-34-25)26(21)20-6-3-5-19(15-20)9-8-18-10-12-29-13-11-18/h3-7,10-17H,1-2H3,(H,30,31). The van der Waals surface area contributed by atoms with E-state index in [1.165, 1.54) is 11.3 Å². The Balaban J connectivity index is 1.78. The van der Waals surface area contributed by atoms with E-state index < -0.39 is 0 Å². The molecule has 0 atom stereocenters.